The number of nitrogens with one attached hydrogen (secondary N) is 1. The molecule has 0 aliphatic heterocycles. The maximum absolute atomic E-state index is 9.24. The Morgan fingerprint density at radius 3 is 2.89 bits per heavy atom. The third-order valence-corrected chi connectivity index (χ3v) is 3.31. The standard InChI is InChI=1S/C12H18ClN3O2/c1-2-18-6-11-15-9(13)5-10(16-11)14-7-12(8-17)3-4-12/h5,17H,2-4,6-8H2,1H3,(H,14,15,16). The summed E-state index contributed by atoms with van der Waals surface area (Å²) >= 11 is 5.93. The lowest BCUT2D eigenvalue weighted by Gasteiger charge is -2.13. The first-order valence-electron chi connectivity index (χ1n) is 6.13. The molecule has 0 amide bonds. The molecule has 1 aromatic heterocycles. The summed E-state index contributed by atoms with van der Waals surface area (Å²) in [7, 11) is 0. The van der Waals surface area contributed by atoms with Crippen molar-refractivity contribution < 1.29 is 9.84 Å². The first kappa shape index (κ1) is 13.5. The van der Waals surface area contributed by atoms with Crippen LogP contribution in [-0.2, 0) is 11.3 Å². The van der Waals surface area contributed by atoms with E-state index in [9.17, 15) is 5.11 Å². The van der Waals surface area contributed by atoms with Crippen molar-refractivity contribution in [3.05, 3.63) is 17.0 Å². The molecule has 0 saturated heterocycles. The first-order valence-corrected chi connectivity index (χ1v) is 6.51. The molecule has 1 aromatic rings. The van der Waals surface area contributed by atoms with Crippen molar-refractivity contribution in [1.82, 2.24) is 9.97 Å². The van der Waals surface area contributed by atoms with Crippen LogP contribution in [-0.4, -0.2) is 34.8 Å². The number of aliphatic hydroxyl groups excluding tert-OH is 1. The zero-order valence-corrected chi connectivity index (χ0v) is 11.2. The molecule has 1 heterocycles. The van der Waals surface area contributed by atoms with Gasteiger partial charge in [0, 0.05) is 24.6 Å². The predicted molar refractivity (Wildman–Crippen MR) is 69.6 cm³/mol. The van der Waals surface area contributed by atoms with Crippen molar-refractivity contribution in [2.24, 2.45) is 5.41 Å². The number of halogens is 1. The molecule has 1 fully saturated rings. The molecule has 100 valence electrons. The van der Waals surface area contributed by atoms with Gasteiger partial charge >= 0.3 is 0 Å². The van der Waals surface area contributed by atoms with Crippen molar-refractivity contribution in [2.75, 3.05) is 25.1 Å². The smallest absolute Gasteiger partial charge is 0.158 e. The van der Waals surface area contributed by atoms with Gasteiger partial charge in [0.05, 0.1) is 6.61 Å². The molecule has 0 spiro atoms. The summed E-state index contributed by atoms with van der Waals surface area (Å²) in [6.45, 7) is 3.82. The number of ether oxygens (including phenoxy) is 1. The van der Waals surface area contributed by atoms with Gasteiger partial charge in [0.15, 0.2) is 5.82 Å². The van der Waals surface area contributed by atoms with Crippen LogP contribution in [0.4, 0.5) is 5.82 Å². The minimum Gasteiger partial charge on any atom is -0.396 e. The minimum absolute atomic E-state index is 0.0392. The summed E-state index contributed by atoms with van der Waals surface area (Å²) in [4.78, 5) is 8.41. The second-order valence-corrected chi connectivity index (χ2v) is 5.03. The fourth-order valence-electron chi connectivity index (χ4n) is 1.66. The van der Waals surface area contributed by atoms with Crippen molar-refractivity contribution in [3.63, 3.8) is 0 Å². The van der Waals surface area contributed by atoms with E-state index in [1.54, 1.807) is 6.07 Å². The number of nitrogens with zero attached hydrogens (tertiary/aromatic N) is 2. The summed E-state index contributed by atoms with van der Waals surface area (Å²) in [5.74, 6) is 1.25. The van der Waals surface area contributed by atoms with Crippen molar-refractivity contribution >= 4 is 17.4 Å². The van der Waals surface area contributed by atoms with Gasteiger partial charge in [-0.3, -0.25) is 0 Å². The lowest BCUT2D eigenvalue weighted by Crippen LogP contribution is -2.20. The molecular formula is C12H18ClN3O2. The zero-order valence-electron chi connectivity index (χ0n) is 10.4. The summed E-state index contributed by atoms with van der Waals surface area (Å²) < 4.78 is 5.26. The van der Waals surface area contributed by atoms with E-state index in [1.807, 2.05) is 6.92 Å². The number of anilines is 1. The Bertz CT molecular complexity index is 410. The second kappa shape index (κ2) is 5.82. The minimum atomic E-state index is 0.0392. The van der Waals surface area contributed by atoms with E-state index in [0.717, 1.165) is 12.8 Å². The maximum Gasteiger partial charge on any atom is 0.158 e. The van der Waals surface area contributed by atoms with E-state index in [2.05, 4.69) is 15.3 Å². The zero-order chi connectivity index (χ0) is 13.0. The van der Waals surface area contributed by atoms with Crippen LogP contribution in [0, 0.1) is 5.41 Å². The summed E-state index contributed by atoms with van der Waals surface area (Å²) in [6, 6.07) is 1.68. The van der Waals surface area contributed by atoms with Crippen molar-refractivity contribution in [2.45, 2.75) is 26.4 Å². The molecule has 0 aromatic carbocycles. The molecule has 1 saturated carbocycles. The van der Waals surface area contributed by atoms with Crippen LogP contribution in [0.3, 0.4) is 0 Å². The van der Waals surface area contributed by atoms with Gasteiger partial charge in [0.25, 0.3) is 0 Å². The topological polar surface area (TPSA) is 67.3 Å². The van der Waals surface area contributed by atoms with Gasteiger partial charge in [-0.2, -0.15) is 0 Å². The highest BCUT2D eigenvalue weighted by Gasteiger charge is 2.41. The van der Waals surface area contributed by atoms with Crippen LogP contribution in [0.1, 0.15) is 25.6 Å². The number of aromatic nitrogens is 2. The number of aliphatic hydroxyl groups is 1. The van der Waals surface area contributed by atoms with Crippen LogP contribution in [0.2, 0.25) is 5.15 Å². The van der Waals surface area contributed by atoms with E-state index < -0.39 is 0 Å². The largest absolute Gasteiger partial charge is 0.396 e. The Kier molecular flexibility index (Phi) is 4.37. The lowest BCUT2D eigenvalue weighted by molar-refractivity contribution is 0.128. The molecule has 6 heteroatoms. The highest BCUT2D eigenvalue weighted by Crippen LogP contribution is 2.44. The lowest BCUT2D eigenvalue weighted by atomic mass is 10.1. The van der Waals surface area contributed by atoms with Gasteiger partial charge in [0.1, 0.15) is 17.6 Å². The highest BCUT2D eigenvalue weighted by atomic mass is 35.5. The Morgan fingerprint density at radius 2 is 2.28 bits per heavy atom. The third-order valence-electron chi connectivity index (χ3n) is 3.11. The fourth-order valence-corrected chi connectivity index (χ4v) is 1.86. The van der Waals surface area contributed by atoms with Crippen LogP contribution < -0.4 is 5.32 Å². The highest BCUT2D eigenvalue weighted by molar-refractivity contribution is 6.29. The predicted octanol–water partition coefficient (Wildman–Crippen LogP) is 1.85. The molecule has 1 aliphatic rings. The molecular weight excluding hydrogens is 254 g/mol. The summed E-state index contributed by atoms with van der Waals surface area (Å²) in [5, 5.41) is 12.8. The van der Waals surface area contributed by atoms with Crippen molar-refractivity contribution in [1.29, 1.82) is 0 Å². The number of hydrogen-bond acceptors (Lipinski definition) is 5. The maximum atomic E-state index is 9.24. The van der Waals surface area contributed by atoms with Gasteiger partial charge in [-0.15, -0.1) is 0 Å². The van der Waals surface area contributed by atoms with Gasteiger partial charge in [-0.05, 0) is 19.8 Å². The molecule has 0 atom stereocenters. The van der Waals surface area contributed by atoms with Gasteiger partial charge in [0.2, 0.25) is 0 Å². The molecule has 2 N–H and O–H groups in total. The molecule has 1 aliphatic carbocycles. The fraction of sp³-hybridized carbons (Fsp3) is 0.667. The van der Waals surface area contributed by atoms with E-state index in [4.69, 9.17) is 16.3 Å². The molecule has 2 rings (SSSR count). The monoisotopic (exact) mass is 271 g/mol. The van der Waals surface area contributed by atoms with E-state index >= 15 is 0 Å². The third kappa shape index (κ3) is 3.54. The van der Waals surface area contributed by atoms with E-state index in [0.29, 0.717) is 36.6 Å². The molecule has 0 bridgehead atoms. The van der Waals surface area contributed by atoms with Gasteiger partial charge < -0.3 is 15.2 Å². The Morgan fingerprint density at radius 1 is 1.50 bits per heavy atom. The van der Waals surface area contributed by atoms with E-state index in [-0.39, 0.29) is 12.0 Å². The number of hydrogen-bond donors (Lipinski definition) is 2. The summed E-state index contributed by atoms with van der Waals surface area (Å²) in [6.07, 6.45) is 2.11. The second-order valence-electron chi connectivity index (χ2n) is 4.64. The molecule has 5 nitrogen and oxygen atoms in total. The Balaban J connectivity index is 1.96. The average molecular weight is 272 g/mol. The van der Waals surface area contributed by atoms with Crippen molar-refractivity contribution in [3.8, 4) is 0 Å². The van der Waals surface area contributed by atoms with Crippen LogP contribution in [0.25, 0.3) is 0 Å². The van der Waals surface area contributed by atoms with Crippen LogP contribution in [0.5, 0.6) is 0 Å². The Hall–Kier alpha value is -0.910. The van der Waals surface area contributed by atoms with Crippen LogP contribution >= 0.6 is 11.6 Å². The number of rotatable bonds is 7. The average Bonchev–Trinajstić information content (AvgIpc) is 3.14. The summed E-state index contributed by atoms with van der Waals surface area (Å²) in [5.41, 5.74) is 0.0392. The SMILES string of the molecule is CCOCc1nc(Cl)cc(NCC2(CO)CC2)n1. The quantitative estimate of drug-likeness (QED) is 0.741. The first-order chi connectivity index (χ1) is 8.67. The molecule has 0 unspecified atom stereocenters. The van der Waals surface area contributed by atoms with Gasteiger partial charge in [-0.1, -0.05) is 11.6 Å². The molecule has 18 heavy (non-hydrogen) atoms. The molecule has 0 radical (unpaired) electrons. The van der Waals surface area contributed by atoms with E-state index in [1.165, 1.54) is 0 Å². The van der Waals surface area contributed by atoms with Crippen LogP contribution in [0.15, 0.2) is 6.07 Å². The normalized spacial score (nSPS) is 16.6. The van der Waals surface area contributed by atoms with Gasteiger partial charge in [-0.25, -0.2) is 9.97 Å². The Labute approximate surface area is 112 Å².